The van der Waals surface area contributed by atoms with Gasteiger partial charge in [0.25, 0.3) is 0 Å². The lowest BCUT2D eigenvalue weighted by molar-refractivity contribution is -0.296. The summed E-state index contributed by atoms with van der Waals surface area (Å²) in [6.45, 7) is -2.20. The lowest BCUT2D eigenvalue weighted by Crippen LogP contribution is -2.58. The van der Waals surface area contributed by atoms with Gasteiger partial charge in [-0.1, -0.05) is 0 Å². The van der Waals surface area contributed by atoms with Crippen LogP contribution in [0.2, 0.25) is 0 Å². The third-order valence-corrected chi connectivity index (χ3v) is 11.6. The highest BCUT2D eigenvalue weighted by atomic mass is 19.3. The van der Waals surface area contributed by atoms with Gasteiger partial charge in [0.2, 0.25) is 0 Å². The highest BCUT2D eigenvalue weighted by Gasteiger charge is 2.74. The van der Waals surface area contributed by atoms with Crippen LogP contribution in [0.5, 0.6) is 0 Å². The van der Waals surface area contributed by atoms with Gasteiger partial charge in [0.1, 0.15) is 25.9 Å². The van der Waals surface area contributed by atoms with Gasteiger partial charge in [-0.05, 0) is 75.5 Å². The summed E-state index contributed by atoms with van der Waals surface area (Å²) in [6, 6.07) is 0. The van der Waals surface area contributed by atoms with E-state index in [2.05, 4.69) is 0 Å². The van der Waals surface area contributed by atoms with Gasteiger partial charge in [-0.25, -0.2) is 0 Å². The van der Waals surface area contributed by atoms with Crippen molar-refractivity contribution in [3.63, 3.8) is 0 Å². The molecule has 2 heterocycles. The molecule has 0 N–H and O–H groups in total. The molecule has 2 spiro atoms. The fourth-order valence-electron chi connectivity index (χ4n) is 10.3. The summed E-state index contributed by atoms with van der Waals surface area (Å²) in [6.07, 6.45) is 7.57. The molecule has 0 amide bonds. The molecule has 10 rings (SSSR count). The van der Waals surface area contributed by atoms with Crippen molar-refractivity contribution in [2.75, 3.05) is 26.4 Å². The van der Waals surface area contributed by atoms with E-state index in [0.717, 1.165) is 37.5 Å². The van der Waals surface area contributed by atoms with Crippen LogP contribution < -0.4 is 0 Å². The first kappa shape index (κ1) is 23.9. The third-order valence-electron chi connectivity index (χ3n) is 11.6. The molecular formula is C27H34F4O6. The molecule has 37 heavy (non-hydrogen) atoms. The minimum atomic E-state index is -4.29. The van der Waals surface area contributed by atoms with Crippen LogP contribution in [0.1, 0.15) is 57.8 Å². The van der Waals surface area contributed by atoms with E-state index in [0.29, 0.717) is 44.1 Å². The molecule has 0 radical (unpaired) electrons. The maximum absolute atomic E-state index is 14.0. The minimum Gasteiger partial charge on any atom is -0.462 e. The average Bonchev–Trinajstić information content (AvgIpc) is 3.44. The van der Waals surface area contributed by atoms with Crippen LogP contribution in [-0.2, 0) is 28.5 Å². The van der Waals surface area contributed by atoms with Crippen LogP contribution in [0.3, 0.4) is 0 Å². The van der Waals surface area contributed by atoms with Crippen molar-refractivity contribution < 1.29 is 46.0 Å². The number of carbonyl (C=O) groups excluding carboxylic acids is 1. The van der Waals surface area contributed by atoms with Crippen molar-refractivity contribution >= 4 is 5.97 Å². The van der Waals surface area contributed by atoms with Gasteiger partial charge < -0.3 is 23.7 Å². The van der Waals surface area contributed by atoms with Crippen LogP contribution >= 0.6 is 0 Å². The second-order valence-corrected chi connectivity index (χ2v) is 13.6. The average molecular weight is 531 g/mol. The van der Waals surface area contributed by atoms with Gasteiger partial charge in [-0.3, -0.25) is 4.79 Å². The molecule has 5 atom stereocenters. The highest BCUT2D eigenvalue weighted by Crippen LogP contribution is 2.70. The van der Waals surface area contributed by atoms with Crippen molar-refractivity contribution in [1.29, 1.82) is 0 Å². The first-order valence-electron chi connectivity index (χ1n) is 14.1. The van der Waals surface area contributed by atoms with Crippen LogP contribution in [0.4, 0.5) is 17.6 Å². The van der Waals surface area contributed by atoms with Crippen molar-refractivity contribution in [1.82, 2.24) is 0 Å². The van der Waals surface area contributed by atoms with E-state index < -0.39 is 42.0 Å². The number of hydrogen-bond donors (Lipinski definition) is 0. The van der Waals surface area contributed by atoms with E-state index in [1.807, 2.05) is 0 Å². The van der Waals surface area contributed by atoms with Crippen LogP contribution in [0.15, 0.2) is 0 Å². The van der Waals surface area contributed by atoms with Gasteiger partial charge >= 0.3 is 17.8 Å². The largest absolute Gasteiger partial charge is 0.462 e. The van der Waals surface area contributed by atoms with Gasteiger partial charge in [0.05, 0.1) is 12.0 Å². The number of alkyl halides is 4. The lowest BCUT2D eigenvalue weighted by Gasteiger charge is -2.58. The maximum Gasteiger partial charge on any atom is 0.335 e. The van der Waals surface area contributed by atoms with Gasteiger partial charge in [-0.2, -0.15) is 17.6 Å². The van der Waals surface area contributed by atoms with Gasteiger partial charge in [0.15, 0.2) is 11.6 Å². The molecule has 8 bridgehead atoms. The molecule has 10 aliphatic rings. The molecular weight excluding hydrogens is 496 g/mol. The monoisotopic (exact) mass is 530 g/mol. The number of ether oxygens (including phenoxy) is 5. The number of carbonyl (C=O) groups is 1. The second kappa shape index (κ2) is 7.40. The molecule has 2 aliphatic heterocycles. The quantitative estimate of drug-likeness (QED) is 0.394. The van der Waals surface area contributed by atoms with E-state index in [-0.39, 0.29) is 36.4 Å². The zero-order chi connectivity index (χ0) is 25.4. The number of halogens is 4. The van der Waals surface area contributed by atoms with E-state index in [9.17, 15) is 22.4 Å². The van der Waals surface area contributed by atoms with E-state index >= 15 is 0 Å². The Balaban J connectivity index is 0.929. The van der Waals surface area contributed by atoms with Gasteiger partial charge in [0, 0.05) is 23.7 Å². The van der Waals surface area contributed by atoms with Crippen molar-refractivity contribution in [2.24, 2.45) is 46.8 Å². The fraction of sp³-hybridized carbons (Fsp3) is 0.963. The first-order chi connectivity index (χ1) is 17.5. The van der Waals surface area contributed by atoms with Crippen LogP contribution in [0.25, 0.3) is 0 Å². The topological polar surface area (TPSA) is 63.2 Å². The zero-order valence-electron chi connectivity index (χ0n) is 20.8. The number of hydrogen-bond acceptors (Lipinski definition) is 6. The summed E-state index contributed by atoms with van der Waals surface area (Å²) in [7, 11) is 0. The first-order valence-corrected chi connectivity index (χ1v) is 14.1. The Labute approximate surface area is 213 Å². The summed E-state index contributed by atoms with van der Waals surface area (Å²) < 4.78 is 85.7. The third kappa shape index (κ3) is 3.10. The number of rotatable bonds is 3. The van der Waals surface area contributed by atoms with Crippen molar-refractivity contribution in [3.8, 4) is 0 Å². The summed E-state index contributed by atoms with van der Waals surface area (Å²) >= 11 is 0. The second-order valence-electron chi connectivity index (χ2n) is 13.6. The molecule has 5 unspecified atom stereocenters. The van der Waals surface area contributed by atoms with E-state index in [1.165, 1.54) is 6.42 Å². The molecule has 6 nitrogen and oxygen atoms in total. The maximum atomic E-state index is 14.0. The fourth-order valence-corrected chi connectivity index (χ4v) is 10.3. The molecule has 10 fully saturated rings. The summed E-state index contributed by atoms with van der Waals surface area (Å²) in [5, 5.41) is 0. The highest BCUT2D eigenvalue weighted by molar-refractivity contribution is 5.78. The molecule has 2 saturated heterocycles. The smallest absolute Gasteiger partial charge is 0.335 e. The standard InChI is InChI=1S/C27H34F4O6/c28-24(29)12-35-27(36-13-25(24,30)31)19-6-16-7-23(8-19,9-21(16)27)22(32)33-10-20-11-34-26(37-20)17-2-14-1-15(4-17)5-18(26)3-14/h14-21H,1-13H2. The predicted molar refractivity (Wildman–Crippen MR) is 117 cm³/mol. The minimum absolute atomic E-state index is 0.00836. The SMILES string of the molecule is O=C(OCC1COC2(O1)C1CC3CC(C1)CC2C3)C12CC3CC(C1)C1(OCC(F)(F)C(F)(F)CO1)C3C2. The van der Waals surface area contributed by atoms with Gasteiger partial charge in [-0.15, -0.1) is 0 Å². The van der Waals surface area contributed by atoms with Crippen LogP contribution in [0, 0.1) is 46.8 Å². The van der Waals surface area contributed by atoms with Crippen molar-refractivity contribution in [3.05, 3.63) is 0 Å². The van der Waals surface area contributed by atoms with Crippen molar-refractivity contribution in [2.45, 2.75) is 87.3 Å². The molecule has 8 aliphatic carbocycles. The normalized spacial score (nSPS) is 53.3. The molecule has 0 aromatic carbocycles. The molecule has 8 saturated carbocycles. The Morgan fingerprint density at radius 2 is 1.41 bits per heavy atom. The zero-order valence-corrected chi connectivity index (χ0v) is 20.8. The molecule has 206 valence electrons. The van der Waals surface area contributed by atoms with E-state index in [1.54, 1.807) is 0 Å². The molecule has 0 aromatic heterocycles. The predicted octanol–water partition coefficient (Wildman–Crippen LogP) is 4.55. The Kier molecular flexibility index (Phi) is 4.78. The molecule has 10 heteroatoms. The Morgan fingerprint density at radius 1 is 0.757 bits per heavy atom. The summed E-state index contributed by atoms with van der Waals surface area (Å²) in [5.41, 5.74) is -0.743. The molecule has 0 aromatic rings. The van der Waals surface area contributed by atoms with Crippen LogP contribution in [-0.4, -0.2) is 61.9 Å². The Hall–Kier alpha value is -0.970. The number of esters is 1. The lowest BCUT2D eigenvalue weighted by atomic mass is 9.53. The summed E-state index contributed by atoms with van der Waals surface area (Å²) in [4.78, 5) is 13.4. The Morgan fingerprint density at radius 3 is 2.03 bits per heavy atom. The summed E-state index contributed by atoms with van der Waals surface area (Å²) in [5.74, 6) is -9.16. The Bertz CT molecular complexity index is 953. The van der Waals surface area contributed by atoms with E-state index in [4.69, 9.17) is 23.7 Å².